The first-order chi connectivity index (χ1) is 13.1. The molecule has 0 saturated heterocycles. The van der Waals surface area contributed by atoms with E-state index in [-0.39, 0.29) is 11.2 Å². The molecule has 0 saturated carbocycles. The molecule has 2 heterocycles. The number of allylic oxidation sites excluding steroid dienone is 1. The Kier molecular flexibility index (Phi) is 6.03. The molecule has 1 atom stereocenters. The molecule has 1 amide bonds. The molecule has 7 heteroatoms. The quantitative estimate of drug-likeness (QED) is 0.497. The van der Waals surface area contributed by atoms with Crippen LogP contribution in [0.25, 0.3) is 11.4 Å². The second-order valence-electron chi connectivity index (χ2n) is 6.01. The van der Waals surface area contributed by atoms with Gasteiger partial charge >= 0.3 is 0 Å². The number of carbonyl (C=O) groups is 1. The minimum atomic E-state index is -0.331. The number of carbonyl (C=O) groups excluding carboxylic acids is 1. The molecule has 0 radical (unpaired) electrons. The van der Waals surface area contributed by atoms with E-state index in [2.05, 4.69) is 27.1 Å². The van der Waals surface area contributed by atoms with Crippen molar-refractivity contribution in [3.05, 3.63) is 67.0 Å². The van der Waals surface area contributed by atoms with E-state index < -0.39 is 0 Å². The number of anilines is 1. The molecule has 0 fully saturated rings. The van der Waals surface area contributed by atoms with Crippen LogP contribution in [0.3, 0.4) is 0 Å². The van der Waals surface area contributed by atoms with Crippen LogP contribution in [0.15, 0.2) is 66.6 Å². The maximum absolute atomic E-state index is 12.6. The fourth-order valence-electron chi connectivity index (χ4n) is 2.54. The van der Waals surface area contributed by atoms with Gasteiger partial charge in [-0.15, -0.1) is 16.8 Å². The van der Waals surface area contributed by atoms with Gasteiger partial charge in [-0.25, -0.2) is 0 Å². The molecule has 3 rings (SSSR count). The van der Waals surface area contributed by atoms with Crippen molar-refractivity contribution in [2.45, 2.75) is 30.8 Å². The van der Waals surface area contributed by atoms with Crippen molar-refractivity contribution in [3.8, 4) is 11.4 Å². The number of nitrogens with zero attached hydrogens (tertiary/aromatic N) is 4. The maximum Gasteiger partial charge on any atom is 0.237 e. The van der Waals surface area contributed by atoms with Crippen LogP contribution in [-0.2, 0) is 11.3 Å². The number of para-hydroxylation sites is 1. The van der Waals surface area contributed by atoms with E-state index in [1.165, 1.54) is 11.8 Å². The first kappa shape index (κ1) is 18.8. The van der Waals surface area contributed by atoms with E-state index in [1.807, 2.05) is 54.8 Å². The Bertz CT molecular complexity index is 939. The van der Waals surface area contributed by atoms with Crippen molar-refractivity contribution >= 4 is 23.4 Å². The Morgan fingerprint density at radius 3 is 2.70 bits per heavy atom. The lowest BCUT2D eigenvalue weighted by Crippen LogP contribution is -2.23. The molecule has 0 aliphatic carbocycles. The van der Waals surface area contributed by atoms with Gasteiger partial charge in [0.15, 0.2) is 11.0 Å². The van der Waals surface area contributed by atoms with Crippen LogP contribution in [0.5, 0.6) is 0 Å². The summed E-state index contributed by atoms with van der Waals surface area (Å²) in [6.45, 7) is 8.19. The summed E-state index contributed by atoms with van der Waals surface area (Å²) in [5, 5.41) is 11.9. The smallest absolute Gasteiger partial charge is 0.237 e. The summed E-state index contributed by atoms with van der Waals surface area (Å²) in [7, 11) is 0. The molecule has 27 heavy (non-hydrogen) atoms. The number of pyridine rings is 1. The van der Waals surface area contributed by atoms with E-state index in [9.17, 15) is 4.79 Å². The van der Waals surface area contributed by atoms with Crippen LogP contribution in [-0.4, -0.2) is 30.9 Å². The van der Waals surface area contributed by atoms with Crippen LogP contribution in [0.1, 0.15) is 12.5 Å². The predicted molar refractivity (Wildman–Crippen MR) is 109 cm³/mol. The molecule has 0 aliphatic rings. The van der Waals surface area contributed by atoms with Crippen LogP contribution in [0.2, 0.25) is 0 Å². The lowest BCUT2D eigenvalue weighted by molar-refractivity contribution is -0.115. The predicted octanol–water partition coefficient (Wildman–Crippen LogP) is 3.95. The van der Waals surface area contributed by atoms with Gasteiger partial charge in [0, 0.05) is 30.2 Å². The zero-order valence-electron chi connectivity index (χ0n) is 15.3. The second-order valence-corrected chi connectivity index (χ2v) is 7.31. The monoisotopic (exact) mass is 379 g/mol. The standard InChI is InChI=1S/C20H21N5OS/c1-4-13-25-18(16-9-11-21-12-10-16)23-24-20(25)27-15(3)19(26)22-17-8-6-5-7-14(17)2/h4-12,15H,1,13H2,2-3H3,(H,22,26)/t15-/m1/s1. The van der Waals surface area contributed by atoms with Gasteiger partial charge in [0.1, 0.15) is 0 Å². The number of nitrogens with one attached hydrogen (secondary N) is 1. The van der Waals surface area contributed by atoms with Crippen molar-refractivity contribution < 1.29 is 4.79 Å². The van der Waals surface area contributed by atoms with Gasteiger partial charge in [0.05, 0.1) is 5.25 Å². The van der Waals surface area contributed by atoms with Crippen molar-refractivity contribution in [1.82, 2.24) is 19.7 Å². The lowest BCUT2D eigenvalue weighted by Gasteiger charge is -2.14. The average Bonchev–Trinajstić information content (AvgIpc) is 3.07. The van der Waals surface area contributed by atoms with Crippen LogP contribution in [0, 0.1) is 6.92 Å². The number of aromatic nitrogens is 4. The Balaban J connectivity index is 1.78. The van der Waals surface area contributed by atoms with Crippen LogP contribution >= 0.6 is 11.8 Å². The molecule has 0 spiro atoms. The summed E-state index contributed by atoms with van der Waals surface area (Å²) >= 11 is 1.37. The third-order valence-electron chi connectivity index (χ3n) is 4.02. The molecule has 0 bridgehead atoms. The fourth-order valence-corrected chi connectivity index (χ4v) is 3.40. The normalized spacial score (nSPS) is 11.8. The van der Waals surface area contributed by atoms with E-state index in [1.54, 1.807) is 18.5 Å². The molecule has 6 nitrogen and oxygen atoms in total. The lowest BCUT2D eigenvalue weighted by atomic mass is 10.2. The van der Waals surface area contributed by atoms with E-state index in [0.29, 0.717) is 11.7 Å². The molecule has 0 unspecified atom stereocenters. The zero-order chi connectivity index (χ0) is 19.2. The van der Waals surface area contributed by atoms with Gasteiger partial charge in [0.2, 0.25) is 5.91 Å². The molecule has 138 valence electrons. The molecular weight excluding hydrogens is 358 g/mol. The number of benzene rings is 1. The summed E-state index contributed by atoms with van der Waals surface area (Å²) in [6, 6.07) is 11.5. The highest BCUT2D eigenvalue weighted by molar-refractivity contribution is 8.00. The van der Waals surface area contributed by atoms with Crippen molar-refractivity contribution in [3.63, 3.8) is 0 Å². The molecule has 2 aromatic heterocycles. The highest BCUT2D eigenvalue weighted by atomic mass is 32.2. The summed E-state index contributed by atoms with van der Waals surface area (Å²) in [5.41, 5.74) is 2.76. The van der Waals surface area contributed by atoms with E-state index >= 15 is 0 Å². The minimum Gasteiger partial charge on any atom is -0.325 e. The van der Waals surface area contributed by atoms with Gasteiger partial charge in [-0.05, 0) is 37.6 Å². The Hall–Kier alpha value is -2.93. The largest absolute Gasteiger partial charge is 0.325 e. The Morgan fingerprint density at radius 1 is 1.26 bits per heavy atom. The van der Waals surface area contributed by atoms with Crippen molar-refractivity contribution in [1.29, 1.82) is 0 Å². The minimum absolute atomic E-state index is 0.0760. The summed E-state index contributed by atoms with van der Waals surface area (Å²) < 4.78 is 1.95. The zero-order valence-corrected chi connectivity index (χ0v) is 16.1. The SMILES string of the molecule is C=CCn1c(S[C@H](C)C(=O)Nc2ccccc2C)nnc1-c1ccncc1. The Morgan fingerprint density at radius 2 is 2.00 bits per heavy atom. The van der Waals surface area contributed by atoms with Crippen LogP contribution < -0.4 is 5.32 Å². The van der Waals surface area contributed by atoms with Gasteiger partial charge < -0.3 is 5.32 Å². The number of hydrogen-bond donors (Lipinski definition) is 1. The number of thioether (sulfide) groups is 1. The fraction of sp³-hybridized carbons (Fsp3) is 0.200. The van der Waals surface area contributed by atoms with Crippen molar-refractivity contribution in [2.24, 2.45) is 0 Å². The highest BCUT2D eigenvalue weighted by Gasteiger charge is 2.21. The van der Waals surface area contributed by atoms with Gasteiger partial charge in [0.25, 0.3) is 0 Å². The molecular formula is C20H21N5OS. The highest BCUT2D eigenvalue weighted by Crippen LogP contribution is 2.27. The molecule has 1 aromatic carbocycles. The first-order valence-corrected chi connectivity index (χ1v) is 9.45. The summed E-state index contributed by atoms with van der Waals surface area (Å²) in [4.78, 5) is 16.6. The number of rotatable bonds is 7. The van der Waals surface area contributed by atoms with Crippen LogP contribution in [0.4, 0.5) is 5.69 Å². The van der Waals surface area contributed by atoms with Gasteiger partial charge in [-0.1, -0.05) is 36.0 Å². The molecule has 1 N–H and O–H groups in total. The average molecular weight is 379 g/mol. The topological polar surface area (TPSA) is 72.7 Å². The van der Waals surface area contributed by atoms with E-state index in [0.717, 1.165) is 22.6 Å². The van der Waals surface area contributed by atoms with Gasteiger partial charge in [-0.3, -0.25) is 14.3 Å². The number of aryl methyl sites for hydroxylation is 1. The third kappa shape index (κ3) is 4.43. The number of amides is 1. The van der Waals surface area contributed by atoms with Gasteiger partial charge in [-0.2, -0.15) is 0 Å². The first-order valence-electron chi connectivity index (χ1n) is 8.57. The van der Waals surface area contributed by atoms with E-state index in [4.69, 9.17) is 0 Å². The third-order valence-corrected chi connectivity index (χ3v) is 5.10. The molecule has 3 aromatic rings. The summed E-state index contributed by atoms with van der Waals surface area (Å²) in [5.74, 6) is 0.652. The van der Waals surface area contributed by atoms with Crippen molar-refractivity contribution in [2.75, 3.05) is 5.32 Å². The Labute approximate surface area is 162 Å². The maximum atomic E-state index is 12.6. The number of hydrogen-bond acceptors (Lipinski definition) is 5. The second kappa shape index (κ2) is 8.64. The molecule has 0 aliphatic heterocycles. The summed E-state index contributed by atoms with van der Waals surface area (Å²) in [6.07, 6.45) is 5.22.